The van der Waals surface area contributed by atoms with Crippen molar-refractivity contribution in [2.75, 3.05) is 26.2 Å². The van der Waals surface area contributed by atoms with Crippen molar-refractivity contribution in [3.63, 3.8) is 0 Å². The van der Waals surface area contributed by atoms with E-state index in [0.29, 0.717) is 0 Å². The van der Waals surface area contributed by atoms with Gasteiger partial charge in [0, 0.05) is 32.2 Å². The SMILES string of the molecule is CCCC(C(=O)N1CCN(S(=O)(=O)c2ccccc2[N+](=O)[O-])CC1)c1ccccc1. The minimum Gasteiger partial charge on any atom is -0.340 e. The number of hydrogen-bond acceptors (Lipinski definition) is 5. The highest BCUT2D eigenvalue weighted by molar-refractivity contribution is 7.89. The van der Waals surface area contributed by atoms with Gasteiger partial charge >= 0.3 is 0 Å². The van der Waals surface area contributed by atoms with Gasteiger partial charge in [0.15, 0.2) is 4.90 Å². The number of sulfonamides is 1. The third-order valence-corrected chi connectivity index (χ3v) is 7.25. The minimum absolute atomic E-state index is 0.00853. The van der Waals surface area contributed by atoms with Crippen molar-refractivity contribution in [2.24, 2.45) is 0 Å². The Bertz CT molecular complexity index is 1000. The van der Waals surface area contributed by atoms with Crippen molar-refractivity contribution in [2.45, 2.75) is 30.6 Å². The second kappa shape index (κ2) is 9.36. The van der Waals surface area contributed by atoms with E-state index < -0.39 is 20.6 Å². The molecular weight excluding hydrogens is 406 g/mol. The van der Waals surface area contributed by atoms with Gasteiger partial charge in [-0.25, -0.2) is 8.42 Å². The van der Waals surface area contributed by atoms with Crippen molar-refractivity contribution in [3.8, 4) is 0 Å². The Morgan fingerprint density at radius 3 is 2.23 bits per heavy atom. The van der Waals surface area contributed by atoms with Crippen LogP contribution in [0.15, 0.2) is 59.5 Å². The van der Waals surface area contributed by atoms with E-state index in [1.807, 2.05) is 37.3 Å². The molecule has 0 spiro atoms. The molecule has 0 radical (unpaired) electrons. The highest BCUT2D eigenvalue weighted by Gasteiger charge is 2.35. The molecule has 1 aliphatic rings. The number of carbonyl (C=O) groups excluding carboxylic acids is 1. The molecule has 8 nitrogen and oxygen atoms in total. The van der Waals surface area contributed by atoms with E-state index in [4.69, 9.17) is 0 Å². The maximum Gasteiger partial charge on any atom is 0.289 e. The first kappa shape index (κ1) is 21.9. The molecule has 30 heavy (non-hydrogen) atoms. The van der Waals surface area contributed by atoms with Gasteiger partial charge in [-0.2, -0.15) is 4.31 Å². The van der Waals surface area contributed by atoms with Crippen LogP contribution in [0.25, 0.3) is 0 Å². The van der Waals surface area contributed by atoms with E-state index in [-0.39, 0.29) is 42.9 Å². The monoisotopic (exact) mass is 431 g/mol. The molecule has 1 aliphatic heterocycles. The van der Waals surface area contributed by atoms with Crippen molar-refractivity contribution >= 4 is 21.6 Å². The van der Waals surface area contributed by atoms with Crippen molar-refractivity contribution in [1.82, 2.24) is 9.21 Å². The van der Waals surface area contributed by atoms with Gasteiger partial charge in [0.1, 0.15) is 0 Å². The summed E-state index contributed by atoms with van der Waals surface area (Å²) in [6, 6.07) is 14.9. The molecule has 1 saturated heterocycles. The summed E-state index contributed by atoms with van der Waals surface area (Å²) in [5, 5.41) is 11.2. The van der Waals surface area contributed by atoms with E-state index in [0.717, 1.165) is 18.4 Å². The third-order valence-electron chi connectivity index (χ3n) is 5.31. The molecule has 160 valence electrons. The Morgan fingerprint density at radius 2 is 1.63 bits per heavy atom. The van der Waals surface area contributed by atoms with Crippen LogP contribution < -0.4 is 0 Å². The molecule has 0 bridgehead atoms. The average molecular weight is 432 g/mol. The summed E-state index contributed by atoms with van der Waals surface area (Å²) in [5.74, 6) is -0.264. The van der Waals surface area contributed by atoms with E-state index in [2.05, 4.69) is 0 Å². The number of benzene rings is 2. The summed E-state index contributed by atoms with van der Waals surface area (Å²) in [4.78, 5) is 25.0. The summed E-state index contributed by atoms with van der Waals surface area (Å²) in [6.07, 6.45) is 1.58. The Labute approximate surface area is 176 Å². The van der Waals surface area contributed by atoms with E-state index in [1.165, 1.54) is 28.6 Å². The van der Waals surface area contributed by atoms with Crippen LogP contribution in [0, 0.1) is 10.1 Å². The van der Waals surface area contributed by atoms with E-state index >= 15 is 0 Å². The van der Waals surface area contributed by atoms with E-state index in [9.17, 15) is 23.3 Å². The smallest absolute Gasteiger partial charge is 0.289 e. The predicted molar refractivity (Wildman–Crippen MR) is 113 cm³/mol. The summed E-state index contributed by atoms with van der Waals surface area (Å²) in [5.41, 5.74) is 0.516. The number of nitro benzene ring substituents is 1. The van der Waals surface area contributed by atoms with Crippen LogP contribution >= 0.6 is 0 Å². The van der Waals surface area contributed by atoms with Gasteiger partial charge in [-0.05, 0) is 18.1 Å². The van der Waals surface area contributed by atoms with Crippen molar-refractivity contribution in [1.29, 1.82) is 0 Å². The standard InChI is InChI=1S/C21H25N3O5S/c1-2-8-18(17-9-4-3-5-10-17)21(25)22-13-15-23(16-14-22)30(28,29)20-12-7-6-11-19(20)24(26)27/h3-7,9-12,18H,2,8,13-16H2,1H3. The third kappa shape index (κ3) is 4.52. The van der Waals surface area contributed by atoms with Gasteiger partial charge in [0.25, 0.3) is 5.69 Å². The maximum atomic E-state index is 13.1. The van der Waals surface area contributed by atoms with Crippen LogP contribution in [0.5, 0.6) is 0 Å². The molecule has 0 aromatic heterocycles. The lowest BCUT2D eigenvalue weighted by Crippen LogP contribution is -2.51. The molecule has 2 aromatic rings. The van der Waals surface area contributed by atoms with Gasteiger partial charge in [-0.3, -0.25) is 14.9 Å². The topological polar surface area (TPSA) is 101 Å². The first-order chi connectivity index (χ1) is 14.4. The summed E-state index contributed by atoms with van der Waals surface area (Å²) in [7, 11) is -4.02. The first-order valence-corrected chi connectivity index (χ1v) is 11.4. The number of carbonyl (C=O) groups is 1. The fraction of sp³-hybridized carbons (Fsp3) is 0.381. The summed E-state index contributed by atoms with van der Waals surface area (Å²) >= 11 is 0. The van der Waals surface area contributed by atoms with Crippen LogP contribution in [0.4, 0.5) is 5.69 Å². The number of amides is 1. The fourth-order valence-electron chi connectivity index (χ4n) is 3.74. The lowest BCUT2D eigenvalue weighted by Gasteiger charge is -2.35. The normalized spacial score (nSPS) is 16.2. The Hall–Kier alpha value is -2.78. The molecule has 1 unspecified atom stereocenters. The lowest BCUT2D eigenvalue weighted by molar-refractivity contribution is -0.387. The van der Waals surface area contributed by atoms with Gasteiger partial charge < -0.3 is 4.90 Å². The molecule has 1 atom stereocenters. The van der Waals surface area contributed by atoms with Crippen LogP contribution in [0.3, 0.4) is 0 Å². The molecule has 0 saturated carbocycles. The van der Waals surface area contributed by atoms with Crippen LogP contribution in [-0.2, 0) is 14.8 Å². The molecule has 1 amide bonds. The zero-order valence-electron chi connectivity index (χ0n) is 16.8. The molecule has 0 N–H and O–H groups in total. The molecule has 3 rings (SSSR count). The van der Waals surface area contributed by atoms with Gasteiger partial charge in [0.2, 0.25) is 15.9 Å². The largest absolute Gasteiger partial charge is 0.340 e. The summed E-state index contributed by atoms with van der Waals surface area (Å²) < 4.78 is 27.1. The number of hydrogen-bond donors (Lipinski definition) is 0. The molecule has 1 heterocycles. The zero-order chi connectivity index (χ0) is 21.7. The minimum atomic E-state index is -4.02. The second-order valence-corrected chi connectivity index (χ2v) is 9.11. The quantitative estimate of drug-likeness (QED) is 0.495. The fourth-order valence-corrected chi connectivity index (χ4v) is 5.32. The summed E-state index contributed by atoms with van der Waals surface area (Å²) in [6.45, 7) is 2.75. The number of nitro groups is 1. The number of nitrogens with zero attached hydrogens (tertiary/aromatic N) is 3. The van der Waals surface area contributed by atoms with E-state index in [1.54, 1.807) is 4.90 Å². The number of rotatable bonds is 7. The van der Waals surface area contributed by atoms with Gasteiger partial charge in [0.05, 0.1) is 10.8 Å². The molecule has 0 aliphatic carbocycles. The number of para-hydroxylation sites is 1. The Kier molecular flexibility index (Phi) is 6.84. The number of piperazine rings is 1. The lowest BCUT2D eigenvalue weighted by atomic mass is 9.93. The zero-order valence-corrected chi connectivity index (χ0v) is 17.6. The average Bonchev–Trinajstić information content (AvgIpc) is 2.77. The highest BCUT2D eigenvalue weighted by atomic mass is 32.2. The maximum absolute atomic E-state index is 13.1. The Balaban J connectivity index is 1.74. The highest BCUT2D eigenvalue weighted by Crippen LogP contribution is 2.28. The van der Waals surface area contributed by atoms with Crippen LogP contribution in [0.2, 0.25) is 0 Å². The predicted octanol–water partition coefficient (Wildman–Crippen LogP) is 3.01. The van der Waals surface area contributed by atoms with Crippen molar-refractivity contribution in [3.05, 3.63) is 70.3 Å². The molecule has 2 aromatic carbocycles. The van der Waals surface area contributed by atoms with Gasteiger partial charge in [-0.15, -0.1) is 0 Å². The first-order valence-electron chi connectivity index (χ1n) is 9.93. The van der Waals surface area contributed by atoms with Crippen LogP contribution in [0.1, 0.15) is 31.2 Å². The molecule has 1 fully saturated rings. The Morgan fingerprint density at radius 1 is 1.03 bits per heavy atom. The van der Waals surface area contributed by atoms with Crippen molar-refractivity contribution < 1.29 is 18.1 Å². The molecule has 9 heteroatoms. The van der Waals surface area contributed by atoms with Crippen LogP contribution in [-0.4, -0.2) is 54.6 Å². The second-order valence-electron chi connectivity index (χ2n) is 7.21. The van der Waals surface area contributed by atoms with Gasteiger partial charge in [-0.1, -0.05) is 55.8 Å². The molecular formula is C21H25N3O5S.